The number of rotatable bonds is 3. The standard InChI is InChI=1S/C29H44O4/c1-16(2)8-7-9-18-24-20-14-22(31)25-27(4)12-11-21(30)17(3)19(27)10-13-28(25,5)29(20,6)15-23(24)33-26(18)32/h8,17,19-23,25,30-31H,7,9-15H2,1-6H3/t17-,19?,20-,21+,22+,23-,25-,27-,28-,29-/m0/s1. The van der Waals surface area contributed by atoms with Crippen molar-refractivity contribution in [3.05, 3.63) is 22.8 Å². The molecule has 0 aromatic rings. The lowest BCUT2D eigenvalue weighted by atomic mass is 9.36. The molecule has 1 heterocycles. The van der Waals surface area contributed by atoms with E-state index < -0.39 is 0 Å². The van der Waals surface area contributed by atoms with Crippen molar-refractivity contribution < 1.29 is 19.7 Å². The fourth-order valence-corrected chi connectivity index (χ4v) is 9.78. The largest absolute Gasteiger partial charge is 0.454 e. The molecule has 0 aromatic heterocycles. The van der Waals surface area contributed by atoms with E-state index in [2.05, 4.69) is 47.6 Å². The topological polar surface area (TPSA) is 66.8 Å². The highest BCUT2D eigenvalue weighted by molar-refractivity contribution is 5.92. The molecule has 4 nitrogen and oxygen atoms in total. The average molecular weight is 457 g/mol. The van der Waals surface area contributed by atoms with E-state index in [1.165, 1.54) is 11.1 Å². The molecule has 0 aromatic carbocycles. The van der Waals surface area contributed by atoms with Crippen LogP contribution in [0.4, 0.5) is 0 Å². The summed E-state index contributed by atoms with van der Waals surface area (Å²) in [5, 5.41) is 22.4. The normalized spacial score (nSPS) is 50.8. The summed E-state index contributed by atoms with van der Waals surface area (Å²) in [7, 11) is 0. The number of carbonyl (C=O) groups excluding carboxylic acids is 1. The van der Waals surface area contributed by atoms with Crippen LogP contribution in [0, 0.1) is 39.9 Å². The lowest BCUT2D eigenvalue weighted by Crippen LogP contribution is -2.65. The monoisotopic (exact) mass is 456 g/mol. The molecule has 5 aliphatic rings. The van der Waals surface area contributed by atoms with Crippen LogP contribution in [0.3, 0.4) is 0 Å². The lowest BCUT2D eigenvalue weighted by Gasteiger charge is -2.69. The third kappa shape index (κ3) is 3.12. The zero-order valence-electron chi connectivity index (χ0n) is 21.5. The highest BCUT2D eigenvalue weighted by Crippen LogP contribution is 2.74. The molecule has 184 valence electrons. The highest BCUT2D eigenvalue weighted by atomic mass is 16.5. The maximum absolute atomic E-state index is 12.8. The maximum Gasteiger partial charge on any atom is 0.334 e. The SMILES string of the molecule is CC(C)=CCCC1=C2[C@H](C[C@@]3(C)[C@H]2C[C@@H](O)[C@H]2[C@@]4(C)CC[C@@H](O)[C@@H](C)C4CC[C@@]23C)OC1=O. The molecule has 4 saturated carbocycles. The van der Waals surface area contributed by atoms with Gasteiger partial charge in [0.2, 0.25) is 0 Å². The molecule has 0 amide bonds. The number of carbonyl (C=O) groups is 1. The molecule has 4 heteroatoms. The summed E-state index contributed by atoms with van der Waals surface area (Å²) in [5.41, 5.74) is 3.47. The van der Waals surface area contributed by atoms with Crippen LogP contribution in [0.25, 0.3) is 0 Å². The number of hydrogen-bond acceptors (Lipinski definition) is 4. The molecular formula is C29H44O4. The van der Waals surface area contributed by atoms with Crippen LogP contribution >= 0.6 is 0 Å². The fourth-order valence-electron chi connectivity index (χ4n) is 9.78. The average Bonchev–Trinajstić information content (AvgIpc) is 3.17. The Bertz CT molecular complexity index is 899. The van der Waals surface area contributed by atoms with E-state index in [0.717, 1.165) is 56.9 Å². The van der Waals surface area contributed by atoms with Gasteiger partial charge in [-0.05, 0) is 111 Å². The van der Waals surface area contributed by atoms with E-state index in [9.17, 15) is 15.0 Å². The van der Waals surface area contributed by atoms with Crippen molar-refractivity contribution in [3.63, 3.8) is 0 Å². The van der Waals surface area contributed by atoms with Crippen LogP contribution in [0.15, 0.2) is 22.8 Å². The van der Waals surface area contributed by atoms with E-state index >= 15 is 0 Å². The minimum atomic E-state index is -0.371. The van der Waals surface area contributed by atoms with E-state index in [0.29, 0.717) is 11.8 Å². The molecule has 4 fully saturated rings. The number of aliphatic hydroxyl groups excluding tert-OH is 2. The van der Waals surface area contributed by atoms with Gasteiger partial charge in [-0.15, -0.1) is 0 Å². The molecule has 2 N–H and O–H groups in total. The fraction of sp³-hybridized carbons (Fsp3) is 0.828. The Hall–Kier alpha value is -1.13. The van der Waals surface area contributed by atoms with Gasteiger partial charge in [-0.1, -0.05) is 39.3 Å². The first-order valence-electron chi connectivity index (χ1n) is 13.4. The lowest BCUT2D eigenvalue weighted by molar-refractivity contribution is -0.234. The van der Waals surface area contributed by atoms with Crippen LogP contribution in [-0.4, -0.2) is 34.5 Å². The van der Waals surface area contributed by atoms with Crippen molar-refractivity contribution in [2.45, 2.75) is 111 Å². The molecule has 1 unspecified atom stereocenters. The summed E-state index contributed by atoms with van der Waals surface area (Å²) in [4.78, 5) is 12.8. The van der Waals surface area contributed by atoms with E-state index in [4.69, 9.17) is 4.74 Å². The Morgan fingerprint density at radius 3 is 2.52 bits per heavy atom. The van der Waals surface area contributed by atoms with Crippen LogP contribution in [0.2, 0.25) is 0 Å². The minimum absolute atomic E-state index is 0.00262. The minimum Gasteiger partial charge on any atom is -0.454 e. The number of aliphatic hydroxyl groups is 2. The Kier molecular flexibility index (Phi) is 5.50. The number of allylic oxidation sites excluding steroid dienone is 2. The molecule has 10 atom stereocenters. The molecule has 0 bridgehead atoms. The Morgan fingerprint density at radius 1 is 1.09 bits per heavy atom. The molecule has 33 heavy (non-hydrogen) atoms. The first kappa shape index (κ1) is 23.6. The zero-order chi connectivity index (χ0) is 23.9. The van der Waals surface area contributed by atoms with Gasteiger partial charge in [-0.25, -0.2) is 4.79 Å². The van der Waals surface area contributed by atoms with Gasteiger partial charge in [0.1, 0.15) is 6.10 Å². The summed E-state index contributed by atoms with van der Waals surface area (Å²) >= 11 is 0. The quantitative estimate of drug-likeness (QED) is 0.430. The molecule has 5 rings (SSSR count). The van der Waals surface area contributed by atoms with Gasteiger partial charge in [0, 0.05) is 5.57 Å². The van der Waals surface area contributed by atoms with Crippen molar-refractivity contribution in [2.24, 2.45) is 39.9 Å². The Labute approximate surface area is 199 Å². The Balaban J connectivity index is 1.53. The van der Waals surface area contributed by atoms with E-state index in [-0.39, 0.29) is 52.4 Å². The summed E-state index contributed by atoms with van der Waals surface area (Å²) in [6.07, 6.45) is 8.80. The molecule has 0 spiro atoms. The van der Waals surface area contributed by atoms with Crippen molar-refractivity contribution in [1.82, 2.24) is 0 Å². The van der Waals surface area contributed by atoms with E-state index in [1.807, 2.05) is 0 Å². The first-order chi connectivity index (χ1) is 15.4. The van der Waals surface area contributed by atoms with Gasteiger partial charge in [0.25, 0.3) is 0 Å². The van der Waals surface area contributed by atoms with Crippen LogP contribution in [-0.2, 0) is 9.53 Å². The second kappa shape index (κ2) is 7.68. The molecule has 1 aliphatic heterocycles. The summed E-state index contributed by atoms with van der Waals surface area (Å²) in [6, 6.07) is 0. The first-order valence-corrected chi connectivity index (χ1v) is 13.4. The molecule has 0 radical (unpaired) electrons. The Morgan fingerprint density at radius 2 is 1.82 bits per heavy atom. The predicted molar refractivity (Wildman–Crippen MR) is 129 cm³/mol. The highest BCUT2D eigenvalue weighted by Gasteiger charge is 2.71. The summed E-state index contributed by atoms with van der Waals surface area (Å²) in [5.74, 6) is 1.08. The van der Waals surface area contributed by atoms with Gasteiger partial charge in [0.05, 0.1) is 12.2 Å². The number of fused-ring (bicyclic) bond motifs is 7. The number of esters is 1. The van der Waals surface area contributed by atoms with Crippen molar-refractivity contribution in [2.75, 3.05) is 0 Å². The van der Waals surface area contributed by atoms with Gasteiger partial charge >= 0.3 is 5.97 Å². The second-order valence-electron chi connectivity index (χ2n) is 13.1. The molecule has 4 aliphatic carbocycles. The third-order valence-electron chi connectivity index (χ3n) is 11.5. The van der Waals surface area contributed by atoms with Gasteiger partial charge in [0.15, 0.2) is 0 Å². The smallest absolute Gasteiger partial charge is 0.334 e. The van der Waals surface area contributed by atoms with Crippen molar-refractivity contribution in [3.8, 4) is 0 Å². The zero-order valence-corrected chi connectivity index (χ0v) is 21.5. The molecular weight excluding hydrogens is 412 g/mol. The summed E-state index contributed by atoms with van der Waals surface area (Å²) in [6.45, 7) is 13.7. The van der Waals surface area contributed by atoms with Crippen LogP contribution in [0.5, 0.6) is 0 Å². The number of ether oxygens (including phenoxy) is 1. The molecule has 0 saturated heterocycles. The van der Waals surface area contributed by atoms with Gasteiger partial charge in [-0.3, -0.25) is 0 Å². The van der Waals surface area contributed by atoms with Gasteiger partial charge < -0.3 is 14.9 Å². The van der Waals surface area contributed by atoms with Crippen molar-refractivity contribution >= 4 is 5.97 Å². The predicted octanol–water partition coefficient (Wildman–Crippen LogP) is 5.58. The summed E-state index contributed by atoms with van der Waals surface area (Å²) < 4.78 is 5.99. The number of hydrogen-bond donors (Lipinski definition) is 2. The van der Waals surface area contributed by atoms with Crippen molar-refractivity contribution in [1.29, 1.82) is 0 Å². The van der Waals surface area contributed by atoms with Gasteiger partial charge in [-0.2, -0.15) is 0 Å². The van der Waals surface area contributed by atoms with E-state index in [1.54, 1.807) is 0 Å². The van der Waals surface area contributed by atoms with Crippen LogP contribution in [0.1, 0.15) is 92.9 Å². The third-order valence-corrected chi connectivity index (χ3v) is 11.5. The van der Waals surface area contributed by atoms with Crippen LogP contribution < -0.4 is 0 Å². The maximum atomic E-state index is 12.8. The second-order valence-corrected chi connectivity index (χ2v) is 13.1.